The summed E-state index contributed by atoms with van der Waals surface area (Å²) in [6, 6.07) is 0. The Labute approximate surface area is 78.9 Å². The summed E-state index contributed by atoms with van der Waals surface area (Å²) < 4.78 is 2.12. The minimum atomic E-state index is -0.465. The van der Waals surface area contributed by atoms with Gasteiger partial charge in [-0.05, 0) is 0 Å². The van der Waals surface area contributed by atoms with E-state index in [1.165, 1.54) is 14.1 Å². The van der Waals surface area contributed by atoms with Gasteiger partial charge in [-0.3, -0.25) is 13.9 Å². The summed E-state index contributed by atoms with van der Waals surface area (Å²) in [6.45, 7) is 0. The number of hydrogen-bond donors (Lipinski definition) is 1. The molecule has 1 aromatic heterocycles. The third-order valence-corrected chi connectivity index (χ3v) is 2.28. The van der Waals surface area contributed by atoms with Gasteiger partial charge in [0, 0.05) is 14.1 Å². The smallest absolute Gasteiger partial charge is 0.331 e. The molecule has 0 amide bonds. The molecule has 1 aromatic rings. The molecule has 0 atom stereocenters. The molecule has 5 nitrogen and oxygen atoms in total. The van der Waals surface area contributed by atoms with E-state index in [0.29, 0.717) is 6.29 Å². The first kappa shape index (κ1) is 9.66. The van der Waals surface area contributed by atoms with Crippen molar-refractivity contribution in [2.24, 2.45) is 14.1 Å². The zero-order valence-electron chi connectivity index (χ0n) is 7.14. The average Bonchev–Trinajstić information content (AvgIpc) is 2.13. The summed E-state index contributed by atoms with van der Waals surface area (Å²) in [7, 11) is 2.80. The second-order valence-electron chi connectivity index (χ2n) is 2.56. The first-order chi connectivity index (χ1) is 6.00. The molecule has 6 heteroatoms. The molecule has 0 aliphatic heterocycles. The van der Waals surface area contributed by atoms with Gasteiger partial charge in [-0.25, -0.2) is 4.79 Å². The highest BCUT2D eigenvalue weighted by atomic mass is 32.1. The second-order valence-corrected chi connectivity index (χ2v) is 2.95. The van der Waals surface area contributed by atoms with E-state index < -0.39 is 11.6 Å². The van der Waals surface area contributed by atoms with E-state index in [9.17, 15) is 14.7 Å². The number of aromatic nitrogens is 2. The molecule has 0 unspecified atom stereocenters. The molecule has 13 heavy (non-hydrogen) atoms. The highest BCUT2D eigenvalue weighted by Crippen LogP contribution is 2.11. The lowest BCUT2D eigenvalue weighted by Crippen LogP contribution is -2.28. The molecule has 0 fully saturated rings. The number of aromatic hydroxyl groups is 1. The Balaban J connectivity index is 3.88. The molecule has 0 spiro atoms. The highest BCUT2D eigenvalue weighted by Gasteiger charge is 2.10. The van der Waals surface area contributed by atoms with Crippen LogP contribution in [0.5, 0.6) is 5.88 Å². The van der Waals surface area contributed by atoms with Gasteiger partial charge >= 0.3 is 5.69 Å². The Morgan fingerprint density at radius 3 is 2.38 bits per heavy atom. The predicted molar refractivity (Wildman–Crippen MR) is 48.5 cm³/mol. The monoisotopic (exact) mass is 200 g/mol. The molecule has 0 aliphatic rings. The van der Waals surface area contributed by atoms with Crippen LogP contribution in [0.3, 0.4) is 0 Å². The van der Waals surface area contributed by atoms with E-state index in [1.54, 1.807) is 0 Å². The van der Waals surface area contributed by atoms with E-state index in [0.717, 1.165) is 9.13 Å². The lowest BCUT2D eigenvalue weighted by molar-refractivity contribution is 0.111. The largest absolute Gasteiger partial charge is 0.494 e. The van der Waals surface area contributed by atoms with Crippen molar-refractivity contribution in [3.05, 3.63) is 20.7 Å². The standard InChI is InChI=1S/C7H8N2O3S/c1-8-5(11)4(3-10)6(13)9(2)7(8)12/h3,11H,1-2H3. The Hall–Kier alpha value is -1.43. The molecule has 1 heterocycles. The summed E-state index contributed by atoms with van der Waals surface area (Å²) in [4.78, 5) is 21.8. The summed E-state index contributed by atoms with van der Waals surface area (Å²) in [6.07, 6.45) is 0.428. The molecule has 0 saturated heterocycles. The van der Waals surface area contributed by atoms with Crippen LogP contribution in [0.15, 0.2) is 4.79 Å². The third kappa shape index (κ3) is 1.29. The maximum Gasteiger partial charge on any atom is 0.331 e. The van der Waals surface area contributed by atoms with Crippen molar-refractivity contribution in [1.29, 1.82) is 0 Å². The Morgan fingerprint density at radius 2 is 1.92 bits per heavy atom. The molecule has 0 aliphatic carbocycles. The number of hydrogen-bond acceptors (Lipinski definition) is 4. The van der Waals surface area contributed by atoms with Crippen LogP contribution in [0.4, 0.5) is 0 Å². The molecule has 1 N–H and O–H groups in total. The molecule has 1 rings (SSSR count). The van der Waals surface area contributed by atoms with Crippen molar-refractivity contribution in [3.63, 3.8) is 0 Å². The maximum absolute atomic E-state index is 11.3. The zero-order valence-corrected chi connectivity index (χ0v) is 7.96. The van der Waals surface area contributed by atoms with Crippen LogP contribution in [0, 0.1) is 4.64 Å². The molecule has 0 aromatic carbocycles. The Kier molecular flexibility index (Phi) is 2.33. The van der Waals surface area contributed by atoms with E-state index >= 15 is 0 Å². The van der Waals surface area contributed by atoms with Gasteiger partial charge in [0.05, 0.1) is 0 Å². The van der Waals surface area contributed by atoms with Crippen LogP contribution in [-0.2, 0) is 14.1 Å². The first-order valence-electron chi connectivity index (χ1n) is 3.45. The van der Waals surface area contributed by atoms with Gasteiger partial charge in [0.15, 0.2) is 6.29 Å². The molecule has 0 bridgehead atoms. The van der Waals surface area contributed by atoms with Crippen molar-refractivity contribution >= 4 is 18.5 Å². The highest BCUT2D eigenvalue weighted by molar-refractivity contribution is 7.71. The number of aldehydes is 1. The summed E-state index contributed by atoms with van der Waals surface area (Å²) >= 11 is 4.79. The fourth-order valence-corrected chi connectivity index (χ4v) is 1.18. The van der Waals surface area contributed by atoms with Gasteiger partial charge in [-0.1, -0.05) is 12.2 Å². The van der Waals surface area contributed by atoms with E-state index in [-0.39, 0.29) is 10.2 Å². The maximum atomic E-state index is 11.3. The fourth-order valence-electron chi connectivity index (χ4n) is 0.963. The van der Waals surface area contributed by atoms with Gasteiger partial charge in [0.25, 0.3) is 0 Å². The van der Waals surface area contributed by atoms with Crippen LogP contribution in [0.25, 0.3) is 0 Å². The molecule has 0 radical (unpaired) electrons. The van der Waals surface area contributed by atoms with Gasteiger partial charge < -0.3 is 5.11 Å². The van der Waals surface area contributed by atoms with Crippen LogP contribution < -0.4 is 5.69 Å². The SMILES string of the molecule is Cn1c(O)c(C=O)c(=S)n(C)c1=O. The Morgan fingerprint density at radius 1 is 1.38 bits per heavy atom. The van der Waals surface area contributed by atoms with Crippen molar-refractivity contribution in [2.75, 3.05) is 0 Å². The zero-order chi connectivity index (χ0) is 10.2. The average molecular weight is 200 g/mol. The van der Waals surface area contributed by atoms with Crippen LogP contribution in [0.1, 0.15) is 10.4 Å². The predicted octanol–water partition coefficient (Wildman–Crippen LogP) is -0.0286. The van der Waals surface area contributed by atoms with E-state index in [1.807, 2.05) is 0 Å². The minimum Gasteiger partial charge on any atom is -0.494 e. The van der Waals surface area contributed by atoms with Crippen molar-refractivity contribution < 1.29 is 9.90 Å². The van der Waals surface area contributed by atoms with Gasteiger partial charge in [-0.2, -0.15) is 0 Å². The fraction of sp³-hybridized carbons (Fsp3) is 0.286. The van der Waals surface area contributed by atoms with Gasteiger partial charge in [0.2, 0.25) is 5.88 Å². The van der Waals surface area contributed by atoms with E-state index in [4.69, 9.17) is 12.2 Å². The molecular formula is C7H8N2O3S. The third-order valence-electron chi connectivity index (χ3n) is 1.79. The van der Waals surface area contributed by atoms with Crippen molar-refractivity contribution in [2.45, 2.75) is 0 Å². The van der Waals surface area contributed by atoms with Gasteiger partial charge in [-0.15, -0.1) is 0 Å². The number of carbonyl (C=O) groups is 1. The van der Waals surface area contributed by atoms with Crippen molar-refractivity contribution in [1.82, 2.24) is 9.13 Å². The first-order valence-corrected chi connectivity index (χ1v) is 3.85. The van der Waals surface area contributed by atoms with E-state index in [2.05, 4.69) is 0 Å². The Bertz CT molecular complexity index is 472. The summed E-state index contributed by atoms with van der Waals surface area (Å²) in [5.41, 5.74) is -0.507. The number of nitrogens with zero attached hydrogens (tertiary/aromatic N) is 2. The minimum absolute atomic E-state index is 0.0376. The quantitative estimate of drug-likeness (QED) is 0.511. The van der Waals surface area contributed by atoms with Crippen LogP contribution in [-0.4, -0.2) is 20.5 Å². The number of carbonyl (C=O) groups excluding carboxylic acids is 1. The summed E-state index contributed by atoms with van der Waals surface area (Å²) in [5, 5.41) is 9.34. The topological polar surface area (TPSA) is 64.2 Å². The molecular weight excluding hydrogens is 192 g/mol. The molecule has 70 valence electrons. The summed E-state index contributed by atoms with van der Waals surface area (Å²) in [5.74, 6) is -0.400. The number of rotatable bonds is 1. The van der Waals surface area contributed by atoms with Crippen molar-refractivity contribution in [3.8, 4) is 5.88 Å². The van der Waals surface area contributed by atoms with Crippen LogP contribution >= 0.6 is 12.2 Å². The second kappa shape index (κ2) is 3.14. The lowest BCUT2D eigenvalue weighted by atomic mass is 10.3. The normalized spacial score (nSPS) is 10.0. The van der Waals surface area contributed by atoms with Crippen LogP contribution in [0.2, 0.25) is 0 Å². The lowest BCUT2D eigenvalue weighted by Gasteiger charge is -2.07. The van der Waals surface area contributed by atoms with Gasteiger partial charge in [0.1, 0.15) is 10.2 Å². The molecule has 0 saturated carbocycles.